The van der Waals surface area contributed by atoms with Gasteiger partial charge in [-0.2, -0.15) is 5.01 Å². The first-order chi connectivity index (χ1) is 4.13. The molecule has 3 amide bonds. The predicted molar refractivity (Wildman–Crippen MR) is 29.0 cm³/mol. The molecule has 0 bridgehead atoms. The van der Waals surface area contributed by atoms with Crippen molar-refractivity contribution in [3.05, 3.63) is 0 Å². The van der Waals surface area contributed by atoms with E-state index in [0.717, 1.165) is 0 Å². The molecule has 1 atom stereocenters. The van der Waals surface area contributed by atoms with Crippen LogP contribution in [0.3, 0.4) is 0 Å². The van der Waals surface area contributed by atoms with Gasteiger partial charge in [0.1, 0.15) is 6.04 Å². The van der Waals surface area contributed by atoms with E-state index < -0.39 is 12.1 Å². The molecule has 1 saturated heterocycles. The Balaban J connectivity index is 2.77. The first-order valence-electron chi connectivity index (χ1n) is 2.52. The molecule has 3 N–H and O–H groups in total. The van der Waals surface area contributed by atoms with Gasteiger partial charge in [0.05, 0.1) is 0 Å². The van der Waals surface area contributed by atoms with Gasteiger partial charge in [0.2, 0.25) is 0 Å². The first-order valence-corrected chi connectivity index (χ1v) is 2.52. The molecule has 1 rings (SSSR count). The zero-order valence-electron chi connectivity index (χ0n) is 4.92. The molecule has 5 nitrogen and oxygen atoms in total. The van der Waals surface area contributed by atoms with Crippen LogP contribution in [0.15, 0.2) is 0 Å². The fourth-order valence-electron chi connectivity index (χ4n) is 0.625. The van der Waals surface area contributed by atoms with Crippen molar-refractivity contribution in [1.29, 1.82) is 0 Å². The highest BCUT2D eigenvalue weighted by Crippen LogP contribution is 1.98. The Morgan fingerprint density at radius 3 is 2.33 bits per heavy atom. The van der Waals surface area contributed by atoms with Crippen molar-refractivity contribution in [1.82, 2.24) is 10.3 Å². The second-order valence-electron chi connectivity index (χ2n) is 1.88. The van der Waals surface area contributed by atoms with Gasteiger partial charge in [0.15, 0.2) is 0 Å². The summed E-state index contributed by atoms with van der Waals surface area (Å²) >= 11 is 0. The smallest absolute Gasteiger partial charge is 0.325 e. The summed E-state index contributed by atoms with van der Waals surface area (Å²) in [6, 6.07) is -1.00. The van der Waals surface area contributed by atoms with Gasteiger partial charge in [0, 0.05) is 0 Å². The van der Waals surface area contributed by atoms with Gasteiger partial charge >= 0.3 is 6.03 Å². The zero-order chi connectivity index (χ0) is 7.02. The number of imide groups is 1. The SMILES string of the molecule is CC1NC(=O)N(N)C1=O. The number of nitrogens with two attached hydrogens (primary N) is 1. The highest BCUT2D eigenvalue weighted by atomic mass is 16.2. The van der Waals surface area contributed by atoms with E-state index in [0.29, 0.717) is 5.01 Å². The second kappa shape index (κ2) is 1.70. The number of carbonyl (C=O) groups excluding carboxylic acids is 2. The topological polar surface area (TPSA) is 75.4 Å². The van der Waals surface area contributed by atoms with Crippen molar-refractivity contribution >= 4 is 11.9 Å². The third kappa shape index (κ3) is 0.746. The molecule has 1 aliphatic heterocycles. The molecule has 0 aromatic rings. The van der Waals surface area contributed by atoms with Gasteiger partial charge in [-0.1, -0.05) is 0 Å². The molecule has 1 fully saturated rings. The summed E-state index contributed by atoms with van der Waals surface area (Å²) in [5, 5.41) is 2.90. The average Bonchev–Trinajstić information content (AvgIpc) is 1.98. The molecule has 9 heavy (non-hydrogen) atoms. The molecule has 1 unspecified atom stereocenters. The Hall–Kier alpha value is -1.10. The Kier molecular flexibility index (Phi) is 1.14. The lowest BCUT2D eigenvalue weighted by molar-refractivity contribution is -0.127. The lowest BCUT2D eigenvalue weighted by Gasteiger charge is -2.00. The van der Waals surface area contributed by atoms with Gasteiger partial charge in [-0.3, -0.25) is 4.79 Å². The van der Waals surface area contributed by atoms with Crippen LogP contribution >= 0.6 is 0 Å². The molecule has 0 spiro atoms. The normalized spacial score (nSPS) is 26.9. The van der Waals surface area contributed by atoms with Gasteiger partial charge in [0.25, 0.3) is 5.91 Å². The number of nitrogens with one attached hydrogen (secondary N) is 1. The monoisotopic (exact) mass is 129 g/mol. The van der Waals surface area contributed by atoms with Crippen LogP contribution in [0, 0.1) is 0 Å². The molecule has 1 heterocycles. The Morgan fingerprint density at radius 1 is 1.67 bits per heavy atom. The van der Waals surface area contributed by atoms with Crippen molar-refractivity contribution in [3.8, 4) is 0 Å². The minimum atomic E-state index is -0.535. The number of hydrogen-bond acceptors (Lipinski definition) is 3. The number of nitrogens with zero attached hydrogens (tertiary/aromatic N) is 1. The molecule has 0 aromatic carbocycles. The Labute approximate surface area is 51.8 Å². The van der Waals surface area contributed by atoms with Gasteiger partial charge < -0.3 is 5.32 Å². The Morgan fingerprint density at radius 2 is 2.22 bits per heavy atom. The fourth-order valence-corrected chi connectivity index (χ4v) is 0.625. The largest absolute Gasteiger partial charge is 0.339 e. The van der Waals surface area contributed by atoms with Crippen LogP contribution in [0.5, 0.6) is 0 Å². The highest BCUT2D eigenvalue weighted by molar-refractivity contribution is 6.03. The molecule has 1 aliphatic rings. The zero-order valence-corrected chi connectivity index (χ0v) is 4.92. The van der Waals surface area contributed by atoms with Crippen molar-refractivity contribution in [3.63, 3.8) is 0 Å². The van der Waals surface area contributed by atoms with Crippen LogP contribution < -0.4 is 11.2 Å². The number of urea groups is 1. The van der Waals surface area contributed by atoms with E-state index in [4.69, 9.17) is 5.84 Å². The van der Waals surface area contributed by atoms with Gasteiger partial charge in [-0.15, -0.1) is 0 Å². The first kappa shape index (κ1) is 6.03. The van der Waals surface area contributed by atoms with Crippen LogP contribution in [0.2, 0.25) is 0 Å². The lowest BCUT2D eigenvalue weighted by atomic mass is 10.4. The summed E-state index contributed by atoms with van der Waals surface area (Å²) in [6.07, 6.45) is 0. The molecule has 0 radical (unpaired) electrons. The van der Waals surface area contributed by atoms with Crippen LogP contribution in [-0.4, -0.2) is 23.0 Å². The van der Waals surface area contributed by atoms with Crippen molar-refractivity contribution < 1.29 is 9.59 Å². The molecule has 5 heteroatoms. The minimum absolute atomic E-state index is 0.389. The number of rotatable bonds is 0. The standard InChI is InChI=1S/C4H7N3O2/c1-2-3(8)7(5)4(9)6-2/h2H,5H2,1H3,(H,6,9). The summed E-state index contributed by atoms with van der Waals surface area (Å²) in [4.78, 5) is 21.1. The van der Waals surface area contributed by atoms with E-state index in [-0.39, 0.29) is 5.91 Å². The summed E-state index contributed by atoms with van der Waals surface area (Å²) in [7, 11) is 0. The molecule has 50 valence electrons. The maximum absolute atomic E-state index is 10.6. The van der Waals surface area contributed by atoms with Crippen molar-refractivity contribution in [2.45, 2.75) is 13.0 Å². The molecular weight excluding hydrogens is 122 g/mol. The molecular formula is C4H7N3O2. The van der Waals surface area contributed by atoms with Gasteiger partial charge in [-0.05, 0) is 6.92 Å². The lowest BCUT2D eigenvalue weighted by Crippen LogP contribution is -2.37. The maximum Gasteiger partial charge on any atom is 0.339 e. The van der Waals surface area contributed by atoms with Crippen molar-refractivity contribution in [2.24, 2.45) is 5.84 Å². The third-order valence-corrected chi connectivity index (χ3v) is 1.17. The summed E-state index contributed by atoms with van der Waals surface area (Å²) in [5.74, 6) is 4.60. The quantitative estimate of drug-likeness (QED) is 0.245. The van der Waals surface area contributed by atoms with Gasteiger partial charge in [-0.25, -0.2) is 10.6 Å². The van der Waals surface area contributed by atoms with E-state index in [9.17, 15) is 9.59 Å². The summed E-state index contributed by atoms with van der Waals surface area (Å²) in [5.41, 5.74) is 0. The van der Waals surface area contributed by atoms with E-state index in [1.807, 2.05) is 0 Å². The number of carbonyl (C=O) groups is 2. The van der Waals surface area contributed by atoms with E-state index >= 15 is 0 Å². The van der Waals surface area contributed by atoms with Crippen LogP contribution in [0.1, 0.15) is 6.92 Å². The number of hydrazine groups is 1. The van der Waals surface area contributed by atoms with E-state index in [1.165, 1.54) is 0 Å². The van der Waals surface area contributed by atoms with E-state index in [2.05, 4.69) is 5.32 Å². The average molecular weight is 129 g/mol. The van der Waals surface area contributed by atoms with E-state index in [1.54, 1.807) is 6.92 Å². The van der Waals surface area contributed by atoms with Crippen LogP contribution in [0.25, 0.3) is 0 Å². The number of amides is 3. The third-order valence-electron chi connectivity index (χ3n) is 1.17. The molecule has 0 aromatic heterocycles. The highest BCUT2D eigenvalue weighted by Gasteiger charge is 2.32. The van der Waals surface area contributed by atoms with Crippen LogP contribution in [0.4, 0.5) is 4.79 Å². The maximum atomic E-state index is 10.6. The minimum Gasteiger partial charge on any atom is -0.325 e. The predicted octanol–water partition coefficient (Wildman–Crippen LogP) is -1.20. The van der Waals surface area contributed by atoms with Crippen LogP contribution in [-0.2, 0) is 4.79 Å². The molecule has 0 saturated carbocycles. The Bertz CT molecular complexity index is 167. The summed E-state index contributed by atoms with van der Waals surface area (Å²) in [6.45, 7) is 1.58. The molecule has 0 aliphatic carbocycles. The summed E-state index contributed by atoms with van der Waals surface area (Å²) < 4.78 is 0. The fraction of sp³-hybridized carbons (Fsp3) is 0.500. The number of hydrogen-bond donors (Lipinski definition) is 2. The second-order valence-corrected chi connectivity index (χ2v) is 1.88. The van der Waals surface area contributed by atoms with Crippen molar-refractivity contribution in [2.75, 3.05) is 0 Å².